The van der Waals surface area contributed by atoms with Crippen LogP contribution in [0.2, 0.25) is 0 Å². The Morgan fingerprint density at radius 1 is 1.43 bits per heavy atom. The molecule has 1 amide bonds. The summed E-state index contributed by atoms with van der Waals surface area (Å²) in [4.78, 5) is 11.5. The molecule has 0 spiro atoms. The van der Waals surface area contributed by atoms with Crippen molar-refractivity contribution < 1.29 is 9.21 Å². The van der Waals surface area contributed by atoms with Crippen LogP contribution in [-0.2, 0) is 0 Å². The van der Waals surface area contributed by atoms with Crippen molar-refractivity contribution >= 4 is 16.9 Å². The number of rotatable bonds is 2. The van der Waals surface area contributed by atoms with E-state index in [2.05, 4.69) is 5.32 Å². The van der Waals surface area contributed by atoms with Crippen LogP contribution in [0.4, 0.5) is 0 Å². The molecule has 0 saturated heterocycles. The first-order valence-electron chi connectivity index (χ1n) is 4.57. The average Bonchev–Trinajstić information content (AvgIpc) is 2.61. The molecule has 1 N–H and O–H groups in total. The van der Waals surface area contributed by atoms with Gasteiger partial charge < -0.3 is 9.73 Å². The van der Waals surface area contributed by atoms with Crippen LogP contribution in [0.5, 0.6) is 0 Å². The van der Waals surface area contributed by atoms with E-state index < -0.39 is 0 Å². The van der Waals surface area contributed by atoms with Crippen molar-refractivity contribution in [3.8, 4) is 0 Å². The van der Waals surface area contributed by atoms with Gasteiger partial charge in [0.25, 0.3) is 5.91 Å². The van der Waals surface area contributed by atoms with Crippen LogP contribution in [-0.4, -0.2) is 12.5 Å². The zero-order chi connectivity index (χ0) is 9.97. The molecule has 0 saturated carbocycles. The van der Waals surface area contributed by atoms with E-state index in [1.807, 2.05) is 31.2 Å². The number of fused-ring (bicyclic) bond motifs is 1. The van der Waals surface area contributed by atoms with Gasteiger partial charge in [0, 0.05) is 11.9 Å². The fourth-order valence-corrected chi connectivity index (χ4v) is 1.41. The minimum atomic E-state index is -0.0857. The molecule has 0 fully saturated rings. The molecule has 14 heavy (non-hydrogen) atoms. The smallest absolute Gasteiger partial charge is 0.255 e. The fraction of sp³-hybridized carbons (Fsp3) is 0.182. The summed E-state index contributed by atoms with van der Waals surface area (Å²) in [5.41, 5.74) is 1.34. The Kier molecular flexibility index (Phi) is 2.23. The van der Waals surface area contributed by atoms with Crippen LogP contribution in [0.25, 0.3) is 11.0 Å². The first-order chi connectivity index (χ1) is 6.83. The van der Waals surface area contributed by atoms with Gasteiger partial charge in [0.1, 0.15) is 11.8 Å². The lowest BCUT2D eigenvalue weighted by molar-refractivity contribution is 0.0956. The van der Waals surface area contributed by atoms with Gasteiger partial charge in [-0.25, -0.2) is 0 Å². The highest BCUT2D eigenvalue weighted by molar-refractivity contribution is 6.05. The summed E-state index contributed by atoms with van der Waals surface area (Å²) in [5, 5.41) is 3.60. The highest BCUT2D eigenvalue weighted by Crippen LogP contribution is 2.20. The second-order valence-electron chi connectivity index (χ2n) is 3.00. The third-order valence-electron chi connectivity index (χ3n) is 2.06. The molecule has 1 aromatic carbocycles. The molecule has 0 bridgehead atoms. The van der Waals surface area contributed by atoms with Gasteiger partial charge in [-0.15, -0.1) is 0 Å². The maximum atomic E-state index is 11.5. The van der Waals surface area contributed by atoms with E-state index in [1.54, 1.807) is 0 Å². The molecule has 1 aromatic heterocycles. The summed E-state index contributed by atoms with van der Waals surface area (Å²) in [6.45, 7) is 2.51. The molecule has 2 rings (SSSR count). The van der Waals surface area contributed by atoms with Crippen molar-refractivity contribution in [3.05, 3.63) is 36.1 Å². The first-order valence-corrected chi connectivity index (χ1v) is 4.57. The van der Waals surface area contributed by atoms with E-state index >= 15 is 0 Å². The average molecular weight is 189 g/mol. The van der Waals surface area contributed by atoms with E-state index in [4.69, 9.17) is 4.42 Å². The lowest BCUT2D eigenvalue weighted by Gasteiger charge is -1.97. The highest BCUT2D eigenvalue weighted by Gasteiger charge is 2.11. The summed E-state index contributed by atoms with van der Waals surface area (Å²) in [5.74, 6) is -0.0857. The quantitative estimate of drug-likeness (QED) is 0.786. The van der Waals surface area contributed by atoms with E-state index in [-0.39, 0.29) is 5.91 Å². The van der Waals surface area contributed by atoms with Crippen LogP contribution in [0.3, 0.4) is 0 Å². The van der Waals surface area contributed by atoms with Crippen LogP contribution in [0.1, 0.15) is 17.3 Å². The van der Waals surface area contributed by atoms with E-state index in [0.29, 0.717) is 12.1 Å². The minimum Gasteiger partial charge on any atom is -0.463 e. The maximum Gasteiger partial charge on any atom is 0.255 e. The van der Waals surface area contributed by atoms with Gasteiger partial charge in [-0.2, -0.15) is 0 Å². The second-order valence-corrected chi connectivity index (χ2v) is 3.00. The molecule has 72 valence electrons. The monoisotopic (exact) mass is 189 g/mol. The second kappa shape index (κ2) is 3.54. The Morgan fingerprint density at radius 2 is 2.21 bits per heavy atom. The SMILES string of the molecule is CCNC(=O)c1coc2ccccc12. The lowest BCUT2D eigenvalue weighted by atomic mass is 10.1. The number of amides is 1. The van der Waals surface area contributed by atoms with Crippen molar-refractivity contribution in [3.63, 3.8) is 0 Å². The topological polar surface area (TPSA) is 42.2 Å². The first kappa shape index (κ1) is 8.81. The number of hydrogen-bond donors (Lipinski definition) is 1. The molecule has 0 aliphatic rings. The Labute approximate surface area is 81.7 Å². The third-order valence-corrected chi connectivity index (χ3v) is 2.06. The number of hydrogen-bond acceptors (Lipinski definition) is 2. The van der Waals surface area contributed by atoms with E-state index in [0.717, 1.165) is 11.0 Å². The molecule has 3 heteroatoms. The van der Waals surface area contributed by atoms with Crippen LogP contribution in [0, 0.1) is 0 Å². The predicted molar refractivity (Wildman–Crippen MR) is 54.2 cm³/mol. The number of para-hydroxylation sites is 1. The molecule has 0 aliphatic carbocycles. The summed E-state index contributed by atoms with van der Waals surface area (Å²) in [6.07, 6.45) is 1.50. The molecule has 0 aliphatic heterocycles. The fourth-order valence-electron chi connectivity index (χ4n) is 1.41. The van der Waals surface area contributed by atoms with E-state index in [1.165, 1.54) is 6.26 Å². The minimum absolute atomic E-state index is 0.0857. The Hall–Kier alpha value is -1.77. The molecule has 3 nitrogen and oxygen atoms in total. The van der Waals surface area contributed by atoms with Crippen molar-refractivity contribution in [2.45, 2.75) is 6.92 Å². The van der Waals surface area contributed by atoms with Crippen LogP contribution >= 0.6 is 0 Å². The number of furan rings is 1. The van der Waals surface area contributed by atoms with Crippen LogP contribution < -0.4 is 5.32 Å². The number of nitrogens with one attached hydrogen (secondary N) is 1. The third kappa shape index (κ3) is 1.37. The Morgan fingerprint density at radius 3 is 3.00 bits per heavy atom. The molecule has 0 radical (unpaired) electrons. The van der Waals surface area contributed by atoms with Crippen molar-refractivity contribution in [1.29, 1.82) is 0 Å². The number of carbonyl (C=O) groups is 1. The van der Waals surface area contributed by atoms with Gasteiger partial charge in [-0.3, -0.25) is 4.79 Å². The molecule has 2 aromatic rings. The largest absolute Gasteiger partial charge is 0.463 e. The zero-order valence-corrected chi connectivity index (χ0v) is 7.91. The summed E-state index contributed by atoms with van der Waals surface area (Å²) in [7, 11) is 0. The van der Waals surface area contributed by atoms with Crippen molar-refractivity contribution in [2.75, 3.05) is 6.54 Å². The number of carbonyl (C=O) groups excluding carboxylic acids is 1. The normalized spacial score (nSPS) is 10.4. The molecule has 0 unspecified atom stereocenters. The predicted octanol–water partition coefficient (Wildman–Crippen LogP) is 2.18. The summed E-state index contributed by atoms with van der Waals surface area (Å²) >= 11 is 0. The lowest BCUT2D eigenvalue weighted by Crippen LogP contribution is -2.22. The van der Waals surface area contributed by atoms with Gasteiger partial charge in [-0.1, -0.05) is 18.2 Å². The Balaban J connectivity index is 2.47. The molecule has 0 atom stereocenters. The van der Waals surface area contributed by atoms with Gasteiger partial charge in [0.2, 0.25) is 0 Å². The molecule has 1 heterocycles. The Bertz CT molecular complexity index is 459. The standard InChI is InChI=1S/C11H11NO2/c1-2-12-11(13)9-7-14-10-6-4-3-5-8(9)10/h3-7H,2H2,1H3,(H,12,13). The maximum absolute atomic E-state index is 11.5. The van der Waals surface area contributed by atoms with Crippen molar-refractivity contribution in [2.24, 2.45) is 0 Å². The van der Waals surface area contributed by atoms with Crippen molar-refractivity contribution in [1.82, 2.24) is 5.32 Å². The van der Waals surface area contributed by atoms with Crippen LogP contribution in [0.15, 0.2) is 34.9 Å². The summed E-state index contributed by atoms with van der Waals surface area (Å²) < 4.78 is 5.26. The highest BCUT2D eigenvalue weighted by atomic mass is 16.3. The van der Waals surface area contributed by atoms with Gasteiger partial charge >= 0.3 is 0 Å². The van der Waals surface area contributed by atoms with E-state index in [9.17, 15) is 4.79 Å². The van der Waals surface area contributed by atoms with Gasteiger partial charge in [0.15, 0.2) is 0 Å². The van der Waals surface area contributed by atoms with Gasteiger partial charge in [0.05, 0.1) is 5.56 Å². The zero-order valence-electron chi connectivity index (χ0n) is 7.91. The van der Waals surface area contributed by atoms with Gasteiger partial charge in [-0.05, 0) is 13.0 Å². The number of benzene rings is 1. The molecular formula is C11H11NO2. The summed E-state index contributed by atoms with van der Waals surface area (Å²) in [6, 6.07) is 7.50. The molecular weight excluding hydrogens is 178 g/mol.